The molecule has 4 aromatic rings. The van der Waals surface area contributed by atoms with Crippen LogP contribution in [-0.4, -0.2) is 60.2 Å². The maximum absolute atomic E-state index is 14.0. The van der Waals surface area contributed by atoms with Crippen molar-refractivity contribution in [3.05, 3.63) is 90.0 Å². The van der Waals surface area contributed by atoms with E-state index in [9.17, 15) is 13.6 Å². The number of piperazine rings is 1. The molecule has 5 rings (SSSR count). The molecule has 1 aliphatic heterocycles. The van der Waals surface area contributed by atoms with Crippen LogP contribution in [0.25, 0.3) is 22.8 Å². The molecule has 184 valence electrons. The first kappa shape index (κ1) is 23.6. The van der Waals surface area contributed by atoms with Crippen LogP contribution in [0.15, 0.2) is 77.3 Å². The Morgan fingerprint density at radius 3 is 2.50 bits per heavy atom. The van der Waals surface area contributed by atoms with Gasteiger partial charge in [0, 0.05) is 56.0 Å². The Bertz CT molecular complexity index is 1350. The Labute approximate surface area is 207 Å². The third-order valence-corrected chi connectivity index (χ3v) is 6.16. The van der Waals surface area contributed by atoms with Gasteiger partial charge in [-0.2, -0.15) is 4.98 Å². The molecule has 1 aliphatic rings. The van der Waals surface area contributed by atoms with E-state index in [-0.39, 0.29) is 29.3 Å². The minimum absolute atomic E-state index is 0.202. The summed E-state index contributed by atoms with van der Waals surface area (Å²) < 4.78 is 32.9. The van der Waals surface area contributed by atoms with Gasteiger partial charge in [0.25, 0.3) is 11.8 Å². The van der Waals surface area contributed by atoms with Crippen LogP contribution in [0.3, 0.4) is 0 Å². The Morgan fingerprint density at radius 2 is 1.69 bits per heavy atom. The summed E-state index contributed by atoms with van der Waals surface area (Å²) in [5.41, 5.74) is 2.22. The first-order valence-electron chi connectivity index (χ1n) is 11.8. The molecule has 0 atom stereocenters. The lowest BCUT2D eigenvalue weighted by atomic mass is 10.1. The fraction of sp³-hybridized carbons (Fsp3) is 0.222. The molecule has 1 amide bonds. The van der Waals surface area contributed by atoms with Crippen molar-refractivity contribution >= 4 is 11.6 Å². The monoisotopic (exact) mass is 489 g/mol. The standard InChI is InChI=1S/C27H25F2N5O2/c28-22-8-4-5-19(18-22)25-31-27(36-32-25)21-7-3-6-20(17-21)26(35)30-11-12-33-13-15-34(16-14-33)24-10-2-1-9-23(24)29/h1-10,17-18H,11-16H2,(H,30,35). The molecule has 1 saturated heterocycles. The number of nitrogens with one attached hydrogen (secondary N) is 1. The molecule has 0 saturated carbocycles. The molecule has 0 unspecified atom stereocenters. The van der Waals surface area contributed by atoms with Crippen LogP contribution < -0.4 is 10.2 Å². The van der Waals surface area contributed by atoms with Gasteiger partial charge >= 0.3 is 0 Å². The summed E-state index contributed by atoms with van der Waals surface area (Å²) >= 11 is 0. The molecule has 0 spiro atoms. The summed E-state index contributed by atoms with van der Waals surface area (Å²) in [6.07, 6.45) is 0. The third-order valence-electron chi connectivity index (χ3n) is 6.16. The lowest BCUT2D eigenvalue weighted by Crippen LogP contribution is -2.48. The van der Waals surface area contributed by atoms with Crippen molar-refractivity contribution in [1.29, 1.82) is 0 Å². The molecule has 0 radical (unpaired) electrons. The van der Waals surface area contributed by atoms with Crippen LogP contribution in [0, 0.1) is 11.6 Å². The number of nitrogens with zero attached hydrogens (tertiary/aromatic N) is 4. The van der Waals surface area contributed by atoms with Crippen molar-refractivity contribution in [2.24, 2.45) is 0 Å². The number of rotatable bonds is 7. The molecule has 36 heavy (non-hydrogen) atoms. The first-order chi connectivity index (χ1) is 17.6. The number of benzene rings is 3. The van der Waals surface area contributed by atoms with E-state index in [1.165, 1.54) is 18.2 Å². The highest BCUT2D eigenvalue weighted by Gasteiger charge is 2.19. The van der Waals surface area contributed by atoms with Crippen LogP contribution in [0.1, 0.15) is 10.4 Å². The van der Waals surface area contributed by atoms with Crippen molar-refractivity contribution in [2.45, 2.75) is 0 Å². The second-order valence-electron chi connectivity index (χ2n) is 8.55. The van der Waals surface area contributed by atoms with Crippen LogP contribution in [-0.2, 0) is 0 Å². The predicted molar refractivity (Wildman–Crippen MR) is 133 cm³/mol. The van der Waals surface area contributed by atoms with Crippen molar-refractivity contribution in [2.75, 3.05) is 44.2 Å². The van der Waals surface area contributed by atoms with Crippen LogP contribution >= 0.6 is 0 Å². The Morgan fingerprint density at radius 1 is 0.917 bits per heavy atom. The molecule has 7 nitrogen and oxygen atoms in total. The number of carbonyl (C=O) groups is 1. The molecular formula is C27H25F2N5O2. The Hall–Kier alpha value is -4.11. The molecule has 0 aliphatic carbocycles. The highest BCUT2D eigenvalue weighted by Crippen LogP contribution is 2.24. The van der Waals surface area contributed by atoms with E-state index >= 15 is 0 Å². The zero-order valence-corrected chi connectivity index (χ0v) is 19.5. The number of anilines is 1. The average molecular weight is 490 g/mol. The molecule has 1 N–H and O–H groups in total. The summed E-state index contributed by atoms with van der Waals surface area (Å²) in [5.74, 6) is -0.270. The summed E-state index contributed by atoms with van der Waals surface area (Å²) in [4.78, 5) is 21.4. The lowest BCUT2D eigenvalue weighted by Gasteiger charge is -2.36. The maximum atomic E-state index is 14.0. The zero-order valence-electron chi connectivity index (χ0n) is 19.5. The smallest absolute Gasteiger partial charge is 0.258 e. The van der Waals surface area contributed by atoms with Gasteiger partial charge in [0.05, 0.1) is 5.69 Å². The number of amides is 1. The number of aromatic nitrogens is 2. The van der Waals surface area contributed by atoms with E-state index in [0.717, 1.165) is 26.2 Å². The van der Waals surface area contributed by atoms with Gasteiger partial charge in [-0.05, 0) is 42.5 Å². The number of halogens is 2. The summed E-state index contributed by atoms with van der Waals surface area (Å²) in [6, 6.07) is 19.7. The molecule has 3 aromatic carbocycles. The minimum atomic E-state index is -0.385. The van der Waals surface area contributed by atoms with E-state index in [1.54, 1.807) is 48.5 Å². The van der Waals surface area contributed by atoms with E-state index in [1.807, 2.05) is 11.0 Å². The zero-order chi connectivity index (χ0) is 24.9. The average Bonchev–Trinajstić information content (AvgIpc) is 3.40. The van der Waals surface area contributed by atoms with Gasteiger partial charge in [-0.1, -0.05) is 35.5 Å². The fourth-order valence-corrected chi connectivity index (χ4v) is 4.23. The highest BCUT2D eigenvalue weighted by atomic mass is 19.1. The first-order valence-corrected chi connectivity index (χ1v) is 11.8. The van der Waals surface area contributed by atoms with Crippen molar-refractivity contribution < 1.29 is 18.1 Å². The normalized spacial score (nSPS) is 14.1. The second-order valence-corrected chi connectivity index (χ2v) is 8.55. The molecule has 0 bridgehead atoms. The quantitative estimate of drug-likeness (QED) is 0.419. The summed E-state index contributed by atoms with van der Waals surface area (Å²) in [5, 5.41) is 6.88. The predicted octanol–water partition coefficient (Wildman–Crippen LogP) is 4.23. The molecule has 2 heterocycles. The van der Waals surface area contributed by atoms with Gasteiger partial charge < -0.3 is 14.7 Å². The van der Waals surface area contributed by atoms with E-state index in [2.05, 4.69) is 20.4 Å². The Balaban J connectivity index is 1.14. The van der Waals surface area contributed by atoms with E-state index in [0.29, 0.717) is 35.5 Å². The maximum Gasteiger partial charge on any atom is 0.258 e. The largest absolute Gasteiger partial charge is 0.367 e. The van der Waals surface area contributed by atoms with Gasteiger partial charge in [0.1, 0.15) is 11.6 Å². The van der Waals surface area contributed by atoms with Gasteiger partial charge in [-0.25, -0.2) is 8.78 Å². The fourth-order valence-electron chi connectivity index (χ4n) is 4.23. The second kappa shape index (κ2) is 10.7. The SMILES string of the molecule is O=C(NCCN1CCN(c2ccccc2F)CC1)c1cccc(-c2nc(-c3cccc(F)c3)no2)c1. The van der Waals surface area contributed by atoms with E-state index in [4.69, 9.17) is 4.52 Å². The molecule has 9 heteroatoms. The van der Waals surface area contributed by atoms with E-state index < -0.39 is 0 Å². The minimum Gasteiger partial charge on any atom is -0.367 e. The number of hydrogen-bond donors (Lipinski definition) is 1. The van der Waals surface area contributed by atoms with Crippen LogP contribution in [0.5, 0.6) is 0 Å². The number of para-hydroxylation sites is 1. The van der Waals surface area contributed by atoms with Crippen LogP contribution in [0.2, 0.25) is 0 Å². The summed E-state index contributed by atoms with van der Waals surface area (Å²) in [6.45, 7) is 4.26. The van der Waals surface area contributed by atoms with Crippen LogP contribution in [0.4, 0.5) is 14.5 Å². The highest BCUT2D eigenvalue weighted by molar-refractivity contribution is 5.95. The number of hydrogen-bond acceptors (Lipinski definition) is 6. The molecule has 1 fully saturated rings. The van der Waals surface area contributed by atoms with Gasteiger partial charge in [-0.3, -0.25) is 9.69 Å². The summed E-state index contributed by atoms with van der Waals surface area (Å²) in [7, 11) is 0. The Kier molecular flexibility index (Phi) is 6.99. The van der Waals surface area contributed by atoms with Crippen molar-refractivity contribution in [3.63, 3.8) is 0 Å². The van der Waals surface area contributed by atoms with Crippen molar-refractivity contribution in [1.82, 2.24) is 20.4 Å². The van der Waals surface area contributed by atoms with Crippen molar-refractivity contribution in [3.8, 4) is 22.8 Å². The van der Waals surface area contributed by atoms with Gasteiger partial charge in [0.15, 0.2) is 0 Å². The third kappa shape index (κ3) is 5.41. The van der Waals surface area contributed by atoms with Gasteiger partial charge in [-0.15, -0.1) is 0 Å². The topological polar surface area (TPSA) is 74.5 Å². The number of carbonyl (C=O) groups excluding carboxylic acids is 1. The lowest BCUT2D eigenvalue weighted by molar-refractivity contribution is 0.0947. The van der Waals surface area contributed by atoms with Gasteiger partial charge in [0.2, 0.25) is 5.82 Å². The molecule has 1 aromatic heterocycles. The molecular weight excluding hydrogens is 464 g/mol.